The number of nitro groups is 1. The van der Waals surface area contributed by atoms with Crippen molar-refractivity contribution in [2.75, 3.05) is 0 Å². The van der Waals surface area contributed by atoms with Gasteiger partial charge in [-0.1, -0.05) is 11.6 Å². The molecule has 0 unspecified atom stereocenters. The van der Waals surface area contributed by atoms with E-state index in [4.69, 9.17) is 16.0 Å². The lowest BCUT2D eigenvalue weighted by atomic mass is 10.2. The van der Waals surface area contributed by atoms with Gasteiger partial charge in [0.15, 0.2) is 0 Å². The van der Waals surface area contributed by atoms with E-state index in [2.05, 4.69) is 10.5 Å². The summed E-state index contributed by atoms with van der Waals surface area (Å²) in [6.45, 7) is 1.78. The lowest BCUT2D eigenvalue weighted by molar-refractivity contribution is -0.384. The van der Waals surface area contributed by atoms with Crippen molar-refractivity contribution in [1.29, 1.82) is 0 Å². The van der Waals surface area contributed by atoms with Gasteiger partial charge in [0.1, 0.15) is 16.5 Å². The predicted octanol–water partition coefficient (Wildman–Crippen LogP) is 2.91. The van der Waals surface area contributed by atoms with Gasteiger partial charge in [-0.05, 0) is 31.2 Å². The third-order valence-electron chi connectivity index (χ3n) is 2.52. The Kier molecular flexibility index (Phi) is 4.34. The minimum atomic E-state index is -0.659. The molecule has 1 aromatic carbocycles. The molecular weight excluding hydrogens is 298 g/mol. The number of hydrogen-bond donors (Lipinski definition) is 1. The second-order valence-corrected chi connectivity index (χ2v) is 4.48. The zero-order valence-electron chi connectivity index (χ0n) is 10.9. The van der Waals surface area contributed by atoms with E-state index in [1.165, 1.54) is 18.3 Å². The first-order valence-corrected chi connectivity index (χ1v) is 6.19. The number of aryl methyl sites for hydroxylation is 1. The van der Waals surface area contributed by atoms with Gasteiger partial charge >= 0.3 is 0 Å². The number of nitrogens with one attached hydrogen (secondary N) is 1. The van der Waals surface area contributed by atoms with E-state index in [-0.39, 0.29) is 16.3 Å². The van der Waals surface area contributed by atoms with Gasteiger partial charge in [-0.3, -0.25) is 14.9 Å². The Morgan fingerprint density at radius 1 is 1.43 bits per heavy atom. The molecule has 7 nitrogen and oxygen atoms in total. The van der Waals surface area contributed by atoms with Gasteiger partial charge in [0, 0.05) is 11.6 Å². The fourth-order valence-corrected chi connectivity index (χ4v) is 1.72. The van der Waals surface area contributed by atoms with Gasteiger partial charge < -0.3 is 4.42 Å². The van der Waals surface area contributed by atoms with Crippen molar-refractivity contribution in [3.8, 4) is 0 Å². The van der Waals surface area contributed by atoms with Crippen molar-refractivity contribution in [3.05, 3.63) is 62.6 Å². The van der Waals surface area contributed by atoms with Crippen LogP contribution in [-0.4, -0.2) is 17.0 Å². The summed E-state index contributed by atoms with van der Waals surface area (Å²) in [4.78, 5) is 21.9. The highest BCUT2D eigenvalue weighted by Crippen LogP contribution is 2.24. The van der Waals surface area contributed by atoms with Crippen LogP contribution in [0.4, 0.5) is 5.69 Å². The molecule has 2 aromatic rings. The Morgan fingerprint density at radius 3 is 2.81 bits per heavy atom. The molecule has 108 valence electrons. The summed E-state index contributed by atoms with van der Waals surface area (Å²) < 4.78 is 5.23. The number of rotatable bonds is 4. The average molecular weight is 308 g/mol. The van der Waals surface area contributed by atoms with E-state index in [0.29, 0.717) is 5.76 Å². The van der Waals surface area contributed by atoms with Crippen molar-refractivity contribution in [2.45, 2.75) is 6.92 Å². The molecule has 1 aromatic heterocycles. The topological polar surface area (TPSA) is 97.7 Å². The molecule has 2 rings (SSSR count). The summed E-state index contributed by atoms with van der Waals surface area (Å²) in [7, 11) is 0. The van der Waals surface area contributed by atoms with Crippen molar-refractivity contribution in [2.24, 2.45) is 5.10 Å². The molecule has 0 saturated heterocycles. The minimum absolute atomic E-state index is 0.0360. The Bertz CT molecular complexity index is 724. The molecule has 0 saturated carbocycles. The summed E-state index contributed by atoms with van der Waals surface area (Å²) >= 11 is 5.67. The molecule has 0 aliphatic carbocycles. The molecule has 8 heteroatoms. The standard InChI is InChI=1S/C13H10ClN3O4/c1-8-2-4-10(21-8)7-15-16-13(18)9-3-5-11(14)12(6-9)17(19)20/h2-7H,1H3,(H,16,18)/b15-7+. The van der Waals surface area contributed by atoms with Crippen LogP contribution in [0.2, 0.25) is 5.02 Å². The number of halogens is 1. The first-order valence-electron chi connectivity index (χ1n) is 5.81. The maximum Gasteiger partial charge on any atom is 0.288 e. The number of nitro benzene ring substituents is 1. The van der Waals surface area contributed by atoms with E-state index in [1.54, 1.807) is 19.1 Å². The fourth-order valence-electron chi connectivity index (χ4n) is 1.54. The number of carbonyl (C=O) groups excluding carboxylic acids is 1. The number of furan rings is 1. The second-order valence-electron chi connectivity index (χ2n) is 4.07. The molecule has 1 heterocycles. The average Bonchev–Trinajstić information content (AvgIpc) is 2.84. The van der Waals surface area contributed by atoms with Crippen molar-refractivity contribution < 1.29 is 14.1 Å². The SMILES string of the molecule is Cc1ccc(/C=N/NC(=O)c2ccc(Cl)c([N+](=O)[O-])c2)o1. The van der Waals surface area contributed by atoms with Crippen LogP contribution >= 0.6 is 11.6 Å². The third-order valence-corrected chi connectivity index (χ3v) is 2.84. The molecule has 0 radical (unpaired) electrons. The van der Waals surface area contributed by atoms with Crippen molar-refractivity contribution >= 4 is 29.4 Å². The molecule has 0 fully saturated rings. The van der Waals surface area contributed by atoms with E-state index >= 15 is 0 Å². The quantitative estimate of drug-likeness (QED) is 0.533. The van der Waals surface area contributed by atoms with Crippen LogP contribution in [0, 0.1) is 17.0 Å². The number of hydrazone groups is 1. The van der Waals surface area contributed by atoms with Crippen LogP contribution in [0.5, 0.6) is 0 Å². The highest BCUT2D eigenvalue weighted by molar-refractivity contribution is 6.32. The summed E-state index contributed by atoms with van der Waals surface area (Å²) in [5.74, 6) is 0.611. The Labute approximate surface area is 124 Å². The predicted molar refractivity (Wildman–Crippen MR) is 76.6 cm³/mol. The smallest absolute Gasteiger partial charge is 0.288 e. The molecule has 21 heavy (non-hydrogen) atoms. The molecule has 0 atom stereocenters. The molecule has 1 N–H and O–H groups in total. The third kappa shape index (κ3) is 3.67. The molecule has 0 aliphatic heterocycles. The normalized spacial score (nSPS) is 10.8. The van der Waals surface area contributed by atoms with E-state index in [1.807, 2.05) is 0 Å². The molecule has 1 amide bonds. The summed E-state index contributed by atoms with van der Waals surface area (Å²) in [5, 5.41) is 14.4. The Hall–Kier alpha value is -2.67. The van der Waals surface area contributed by atoms with Gasteiger partial charge in [0.25, 0.3) is 11.6 Å². The first kappa shape index (κ1) is 14.7. The summed E-state index contributed by atoms with van der Waals surface area (Å²) in [6, 6.07) is 7.19. The fraction of sp³-hybridized carbons (Fsp3) is 0.0769. The largest absolute Gasteiger partial charge is 0.460 e. The van der Waals surface area contributed by atoms with Crippen molar-refractivity contribution in [1.82, 2.24) is 5.43 Å². The maximum absolute atomic E-state index is 11.8. The van der Waals surface area contributed by atoms with Gasteiger partial charge in [0.2, 0.25) is 0 Å². The first-order chi connectivity index (χ1) is 9.97. The van der Waals surface area contributed by atoms with Crippen molar-refractivity contribution in [3.63, 3.8) is 0 Å². The number of benzene rings is 1. The van der Waals surface area contributed by atoms with Crippen LogP contribution in [-0.2, 0) is 0 Å². The van der Waals surface area contributed by atoms with Crippen LogP contribution in [0.1, 0.15) is 21.9 Å². The van der Waals surface area contributed by atoms with Gasteiger partial charge in [-0.2, -0.15) is 5.10 Å². The molecule has 0 bridgehead atoms. The zero-order valence-corrected chi connectivity index (χ0v) is 11.6. The maximum atomic E-state index is 11.8. The van der Waals surface area contributed by atoms with E-state index in [0.717, 1.165) is 11.8 Å². The highest BCUT2D eigenvalue weighted by Gasteiger charge is 2.15. The monoisotopic (exact) mass is 307 g/mol. The Morgan fingerprint density at radius 2 is 2.19 bits per heavy atom. The minimum Gasteiger partial charge on any atom is -0.460 e. The van der Waals surface area contributed by atoms with E-state index < -0.39 is 10.8 Å². The second kappa shape index (κ2) is 6.19. The molecule has 0 aliphatic rings. The summed E-state index contributed by atoms with van der Waals surface area (Å²) in [5.41, 5.74) is 1.99. The van der Waals surface area contributed by atoms with Gasteiger partial charge in [0.05, 0.1) is 11.1 Å². The van der Waals surface area contributed by atoms with Crippen LogP contribution < -0.4 is 5.43 Å². The lowest BCUT2D eigenvalue weighted by Crippen LogP contribution is -2.17. The lowest BCUT2D eigenvalue weighted by Gasteiger charge is -2.00. The molecular formula is C13H10ClN3O4. The van der Waals surface area contributed by atoms with Gasteiger partial charge in [-0.25, -0.2) is 5.43 Å². The summed E-state index contributed by atoms with van der Waals surface area (Å²) in [6.07, 6.45) is 1.33. The number of nitrogens with zero attached hydrogens (tertiary/aromatic N) is 2. The van der Waals surface area contributed by atoms with E-state index in [9.17, 15) is 14.9 Å². The Balaban J connectivity index is 2.08. The van der Waals surface area contributed by atoms with Crippen LogP contribution in [0.25, 0.3) is 0 Å². The van der Waals surface area contributed by atoms with Gasteiger partial charge in [-0.15, -0.1) is 0 Å². The van der Waals surface area contributed by atoms with Crippen LogP contribution in [0.3, 0.4) is 0 Å². The number of hydrogen-bond acceptors (Lipinski definition) is 5. The molecule has 0 spiro atoms. The highest BCUT2D eigenvalue weighted by atomic mass is 35.5. The van der Waals surface area contributed by atoms with Crippen LogP contribution in [0.15, 0.2) is 39.9 Å². The number of amides is 1. The zero-order chi connectivity index (χ0) is 15.4. The number of carbonyl (C=O) groups is 1.